The maximum Gasteiger partial charge on any atom is 0.353 e. The molecule has 0 bridgehead atoms. The fraction of sp³-hybridized carbons (Fsp3) is 0.286. The van der Waals surface area contributed by atoms with Crippen molar-refractivity contribution in [3.8, 4) is 11.5 Å². The van der Waals surface area contributed by atoms with Gasteiger partial charge in [0.05, 0.1) is 11.1 Å². The molecular formula is C14H13NO5. The minimum atomic E-state index is -1.12. The van der Waals surface area contributed by atoms with E-state index in [9.17, 15) is 14.7 Å². The summed E-state index contributed by atoms with van der Waals surface area (Å²) in [6.45, 7) is 3.78. The van der Waals surface area contributed by atoms with Crippen LogP contribution in [0.5, 0.6) is 11.5 Å². The van der Waals surface area contributed by atoms with Crippen LogP contribution >= 0.6 is 0 Å². The molecule has 104 valence electrons. The molecule has 0 unspecified atom stereocenters. The van der Waals surface area contributed by atoms with Gasteiger partial charge in [0.15, 0.2) is 17.3 Å². The maximum atomic E-state index is 11.9. The van der Waals surface area contributed by atoms with Crippen molar-refractivity contribution in [2.45, 2.75) is 20.4 Å². The van der Waals surface area contributed by atoms with E-state index >= 15 is 0 Å². The lowest BCUT2D eigenvalue weighted by molar-refractivity contribution is 0.0681. The predicted molar refractivity (Wildman–Crippen MR) is 70.7 cm³/mol. The lowest BCUT2D eigenvalue weighted by atomic mass is 10.1. The summed E-state index contributed by atoms with van der Waals surface area (Å²) < 4.78 is 12.2. The van der Waals surface area contributed by atoms with Crippen LogP contribution in [0.15, 0.2) is 12.1 Å². The lowest BCUT2D eigenvalue weighted by Gasteiger charge is -2.04. The van der Waals surface area contributed by atoms with E-state index in [1.807, 2.05) is 6.92 Å². The number of aromatic carboxylic acids is 1. The molecule has 0 aliphatic carbocycles. The third-order valence-corrected chi connectivity index (χ3v) is 3.43. The first-order valence-corrected chi connectivity index (χ1v) is 6.24. The molecule has 6 nitrogen and oxygen atoms in total. The second-order valence-electron chi connectivity index (χ2n) is 4.55. The lowest BCUT2D eigenvalue weighted by Crippen LogP contribution is -2.11. The normalized spacial score (nSPS) is 12.9. The van der Waals surface area contributed by atoms with E-state index < -0.39 is 5.97 Å². The van der Waals surface area contributed by atoms with Gasteiger partial charge < -0.3 is 19.1 Å². The van der Waals surface area contributed by atoms with Gasteiger partial charge in [0, 0.05) is 18.0 Å². The van der Waals surface area contributed by atoms with Gasteiger partial charge in [-0.05, 0) is 19.9 Å². The van der Waals surface area contributed by atoms with Crippen molar-refractivity contribution >= 4 is 22.7 Å². The molecule has 1 aromatic carbocycles. The summed E-state index contributed by atoms with van der Waals surface area (Å²) in [5.41, 5.74) is 0.894. The van der Waals surface area contributed by atoms with Crippen molar-refractivity contribution < 1.29 is 24.2 Å². The van der Waals surface area contributed by atoms with Gasteiger partial charge >= 0.3 is 5.97 Å². The Kier molecular flexibility index (Phi) is 2.67. The topological polar surface area (TPSA) is 77.8 Å². The van der Waals surface area contributed by atoms with Crippen LogP contribution < -0.4 is 9.47 Å². The second kappa shape index (κ2) is 4.26. The number of carboxylic acid groups (broad SMARTS) is 1. The Morgan fingerprint density at radius 3 is 2.50 bits per heavy atom. The predicted octanol–water partition coefficient (Wildman–Crippen LogP) is 2.29. The van der Waals surface area contributed by atoms with E-state index in [4.69, 9.17) is 9.47 Å². The minimum absolute atomic E-state index is 0.0127. The Morgan fingerprint density at radius 1 is 1.30 bits per heavy atom. The fourth-order valence-electron chi connectivity index (χ4n) is 2.64. The zero-order valence-electron chi connectivity index (χ0n) is 11.1. The van der Waals surface area contributed by atoms with Crippen molar-refractivity contribution in [3.63, 3.8) is 0 Å². The number of rotatable bonds is 3. The van der Waals surface area contributed by atoms with E-state index in [0.29, 0.717) is 28.9 Å². The fourth-order valence-corrected chi connectivity index (χ4v) is 2.64. The largest absolute Gasteiger partial charge is 0.477 e. The first kappa shape index (κ1) is 12.5. The highest BCUT2D eigenvalue weighted by molar-refractivity contribution is 6.15. The first-order valence-electron chi connectivity index (χ1n) is 6.24. The molecule has 1 N–H and O–H groups in total. The number of fused-ring (bicyclic) bond motifs is 2. The molecule has 6 heteroatoms. The minimum Gasteiger partial charge on any atom is -0.477 e. The molecule has 1 aliphatic rings. The Morgan fingerprint density at radius 2 is 1.95 bits per heavy atom. The van der Waals surface area contributed by atoms with E-state index in [2.05, 4.69) is 0 Å². The third-order valence-electron chi connectivity index (χ3n) is 3.43. The summed E-state index contributed by atoms with van der Waals surface area (Å²) in [5.74, 6) is -0.296. The van der Waals surface area contributed by atoms with Crippen molar-refractivity contribution in [3.05, 3.63) is 23.4 Å². The SMILES string of the molecule is CCn1c(C(=O)O)c(C(C)=O)c2cc3c(cc21)OCO3. The highest BCUT2D eigenvalue weighted by Crippen LogP contribution is 2.39. The van der Waals surface area contributed by atoms with E-state index in [1.165, 1.54) is 6.92 Å². The molecule has 0 amide bonds. The van der Waals surface area contributed by atoms with Gasteiger partial charge in [-0.2, -0.15) is 0 Å². The van der Waals surface area contributed by atoms with Crippen molar-refractivity contribution in [2.75, 3.05) is 6.79 Å². The summed E-state index contributed by atoms with van der Waals surface area (Å²) in [4.78, 5) is 23.4. The van der Waals surface area contributed by atoms with Crippen LogP contribution in [0.25, 0.3) is 10.9 Å². The highest BCUT2D eigenvalue weighted by atomic mass is 16.7. The Labute approximate surface area is 114 Å². The van der Waals surface area contributed by atoms with E-state index in [1.54, 1.807) is 16.7 Å². The van der Waals surface area contributed by atoms with Crippen LogP contribution in [0.4, 0.5) is 0 Å². The Balaban J connectivity index is 2.45. The van der Waals surface area contributed by atoms with Gasteiger partial charge in [0.1, 0.15) is 5.69 Å². The summed E-state index contributed by atoms with van der Waals surface area (Å²) in [5, 5.41) is 9.99. The number of ether oxygens (including phenoxy) is 2. The average molecular weight is 275 g/mol. The smallest absolute Gasteiger partial charge is 0.353 e. The maximum absolute atomic E-state index is 11.9. The number of Topliss-reactive ketones (excluding diaryl/α,β-unsaturated/α-hetero) is 1. The zero-order valence-corrected chi connectivity index (χ0v) is 11.1. The summed E-state index contributed by atoms with van der Waals surface area (Å²) >= 11 is 0. The molecule has 3 rings (SSSR count). The molecule has 0 fully saturated rings. The van der Waals surface area contributed by atoms with Crippen LogP contribution in [0.2, 0.25) is 0 Å². The number of carboxylic acids is 1. The molecule has 20 heavy (non-hydrogen) atoms. The number of carbonyl (C=O) groups is 2. The number of nitrogens with zero attached hydrogens (tertiary/aromatic N) is 1. The number of aryl methyl sites for hydroxylation is 1. The molecule has 1 aromatic heterocycles. The first-order chi connectivity index (χ1) is 9.54. The monoisotopic (exact) mass is 275 g/mol. The van der Waals surface area contributed by atoms with Crippen molar-refractivity contribution in [1.82, 2.24) is 4.57 Å². The van der Waals surface area contributed by atoms with Crippen molar-refractivity contribution in [2.24, 2.45) is 0 Å². The van der Waals surface area contributed by atoms with E-state index in [0.717, 1.165) is 0 Å². The van der Waals surface area contributed by atoms with Crippen molar-refractivity contribution in [1.29, 1.82) is 0 Å². The molecule has 2 aromatic rings. The third kappa shape index (κ3) is 1.57. The van der Waals surface area contributed by atoms with Gasteiger partial charge in [0.25, 0.3) is 0 Å². The average Bonchev–Trinajstić information content (AvgIpc) is 2.96. The molecular weight excluding hydrogens is 262 g/mol. The molecule has 0 saturated heterocycles. The Hall–Kier alpha value is -2.50. The van der Waals surface area contributed by atoms with Gasteiger partial charge in [-0.1, -0.05) is 0 Å². The van der Waals surface area contributed by atoms with E-state index in [-0.39, 0.29) is 23.8 Å². The van der Waals surface area contributed by atoms with Gasteiger partial charge in [-0.25, -0.2) is 4.79 Å². The van der Waals surface area contributed by atoms with Crippen LogP contribution in [0.3, 0.4) is 0 Å². The number of ketones is 1. The van der Waals surface area contributed by atoms with Crippen LogP contribution in [-0.4, -0.2) is 28.2 Å². The second-order valence-corrected chi connectivity index (χ2v) is 4.55. The number of hydrogen-bond acceptors (Lipinski definition) is 4. The summed E-state index contributed by atoms with van der Waals surface area (Å²) in [7, 11) is 0. The molecule has 0 radical (unpaired) electrons. The molecule has 0 spiro atoms. The molecule has 0 atom stereocenters. The summed E-state index contributed by atoms with van der Waals surface area (Å²) in [6, 6.07) is 3.40. The van der Waals surface area contributed by atoms with Crippen LogP contribution in [0, 0.1) is 0 Å². The standard InChI is InChI=1S/C14H13NO5/c1-3-15-9-5-11-10(19-6-20-11)4-8(9)12(7(2)16)13(15)14(17)18/h4-5H,3,6H2,1-2H3,(H,17,18). The van der Waals surface area contributed by atoms with Gasteiger partial charge in [-0.15, -0.1) is 0 Å². The summed E-state index contributed by atoms with van der Waals surface area (Å²) in [6.07, 6.45) is 0. The number of aromatic nitrogens is 1. The molecule has 0 saturated carbocycles. The van der Waals surface area contributed by atoms with Crippen LogP contribution in [-0.2, 0) is 6.54 Å². The van der Waals surface area contributed by atoms with Gasteiger partial charge in [-0.3, -0.25) is 4.79 Å². The number of carbonyl (C=O) groups excluding carboxylic acids is 1. The highest BCUT2D eigenvalue weighted by Gasteiger charge is 2.27. The van der Waals surface area contributed by atoms with Crippen LogP contribution in [0.1, 0.15) is 34.7 Å². The molecule has 1 aliphatic heterocycles. The number of benzene rings is 1. The quantitative estimate of drug-likeness (QED) is 0.869. The molecule has 2 heterocycles. The van der Waals surface area contributed by atoms with Gasteiger partial charge in [0.2, 0.25) is 6.79 Å². The Bertz CT molecular complexity index is 744. The number of hydrogen-bond donors (Lipinski definition) is 1. The zero-order chi connectivity index (χ0) is 14.4.